The standard InChI is InChI=1S/C24H33N5S.HI/c1-2-25-24(26-18-20-9-11-21(12-10-20)28-13-3-4-14-28)27-19-22(23-8-7-17-30-23)29-15-5-6-16-29;/h3-4,7-12,17,22H,2,5-6,13-16,18-19H2,1H3,(H2,25,26,27);1H. The van der Waals surface area contributed by atoms with E-state index >= 15 is 0 Å². The van der Waals surface area contributed by atoms with Crippen LogP contribution in [0.25, 0.3) is 0 Å². The largest absolute Gasteiger partial charge is 0.364 e. The van der Waals surface area contributed by atoms with Gasteiger partial charge < -0.3 is 15.5 Å². The maximum atomic E-state index is 4.84. The number of halogens is 1. The van der Waals surface area contributed by atoms with Crippen molar-refractivity contribution in [1.29, 1.82) is 0 Å². The minimum Gasteiger partial charge on any atom is -0.364 e. The predicted molar refractivity (Wildman–Crippen MR) is 144 cm³/mol. The molecule has 1 atom stereocenters. The number of likely N-dealkylation sites (tertiary alicyclic amines) is 1. The lowest BCUT2D eigenvalue weighted by atomic mass is 10.2. The fraction of sp³-hybridized carbons (Fsp3) is 0.458. The average Bonchev–Trinajstić information content (AvgIpc) is 3.56. The smallest absolute Gasteiger partial charge is 0.191 e. The topological polar surface area (TPSA) is 42.9 Å². The van der Waals surface area contributed by atoms with E-state index < -0.39 is 0 Å². The number of hydrogen-bond donors (Lipinski definition) is 2. The van der Waals surface area contributed by atoms with Crippen LogP contribution in [-0.4, -0.2) is 50.1 Å². The summed E-state index contributed by atoms with van der Waals surface area (Å²) >= 11 is 1.85. The first-order chi connectivity index (χ1) is 14.8. The maximum Gasteiger partial charge on any atom is 0.191 e. The number of aliphatic imine (C=N–C) groups is 1. The lowest BCUT2D eigenvalue weighted by Gasteiger charge is -2.27. The summed E-state index contributed by atoms with van der Waals surface area (Å²) in [6.07, 6.45) is 7.05. The van der Waals surface area contributed by atoms with Gasteiger partial charge in [0.15, 0.2) is 5.96 Å². The zero-order chi connectivity index (χ0) is 20.6. The van der Waals surface area contributed by atoms with Gasteiger partial charge in [-0.3, -0.25) is 4.90 Å². The van der Waals surface area contributed by atoms with Crippen molar-refractivity contribution in [3.8, 4) is 0 Å². The molecule has 1 aromatic carbocycles. The van der Waals surface area contributed by atoms with Gasteiger partial charge in [-0.25, -0.2) is 4.99 Å². The summed E-state index contributed by atoms with van der Waals surface area (Å²) in [6.45, 7) is 8.94. The summed E-state index contributed by atoms with van der Waals surface area (Å²) in [5.74, 6) is 0.895. The quantitative estimate of drug-likeness (QED) is 0.217. The highest BCUT2D eigenvalue weighted by molar-refractivity contribution is 14.0. The van der Waals surface area contributed by atoms with Gasteiger partial charge in [0.05, 0.1) is 12.6 Å². The summed E-state index contributed by atoms with van der Waals surface area (Å²) in [7, 11) is 0. The summed E-state index contributed by atoms with van der Waals surface area (Å²) in [6, 6.07) is 13.6. The molecule has 5 nitrogen and oxygen atoms in total. The molecular weight excluding hydrogens is 517 g/mol. The Kier molecular flexibility index (Phi) is 9.67. The van der Waals surface area contributed by atoms with Crippen molar-refractivity contribution in [2.45, 2.75) is 32.4 Å². The summed E-state index contributed by atoms with van der Waals surface area (Å²) in [5, 5.41) is 9.19. The molecule has 0 amide bonds. The van der Waals surface area contributed by atoms with Gasteiger partial charge in [0.25, 0.3) is 0 Å². The molecule has 1 fully saturated rings. The number of benzene rings is 1. The third-order valence-corrected chi connectivity index (χ3v) is 6.77. The molecule has 2 N–H and O–H groups in total. The predicted octanol–water partition coefficient (Wildman–Crippen LogP) is 4.63. The van der Waals surface area contributed by atoms with Crippen molar-refractivity contribution >= 4 is 47.0 Å². The summed E-state index contributed by atoms with van der Waals surface area (Å²) in [4.78, 5) is 11.2. The molecule has 0 bridgehead atoms. The van der Waals surface area contributed by atoms with Crippen molar-refractivity contribution in [1.82, 2.24) is 15.5 Å². The Morgan fingerprint density at radius 3 is 2.45 bits per heavy atom. The number of guanidine groups is 1. The maximum absolute atomic E-state index is 4.84. The van der Waals surface area contributed by atoms with E-state index in [4.69, 9.17) is 4.99 Å². The SMILES string of the molecule is CCNC(=NCc1ccc(N2CC=CC2)cc1)NCC(c1cccs1)N1CCCC1.I. The second kappa shape index (κ2) is 12.5. The Bertz CT molecular complexity index is 820. The number of nitrogens with zero attached hydrogens (tertiary/aromatic N) is 3. The van der Waals surface area contributed by atoms with Crippen LogP contribution in [0.2, 0.25) is 0 Å². The number of nitrogens with one attached hydrogen (secondary N) is 2. The number of anilines is 1. The van der Waals surface area contributed by atoms with E-state index in [0.717, 1.165) is 32.1 Å². The molecule has 0 spiro atoms. The molecule has 0 radical (unpaired) electrons. The molecule has 0 saturated carbocycles. The molecule has 7 heteroatoms. The van der Waals surface area contributed by atoms with Crippen LogP contribution >= 0.6 is 35.3 Å². The molecular formula is C24H34IN5S. The van der Waals surface area contributed by atoms with E-state index in [1.807, 2.05) is 11.3 Å². The van der Waals surface area contributed by atoms with Gasteiger partial charge in [-0.05, 0) is 62.0 Å². The van der Waals surface area contributed by atoms with Gasteiger partial charge in [0.1, 0.15) is 0 Å². The van der Waals surface area contributed by atoms with E-state index in [9.17, 15) is 0 Å². The highest BCUT2D eigenvalue weighted by Crippen LogP contribution is 2.27. The second-order valence-electron chi connectivity index (χ2n) is 7.89. The van der Waals surface area contributed by atoms with Gasteiger partial charge in [-0.1, -0.05) is 30.4 Å². The molecule has 0 aliphatic carbocycles. The van der Waals surface area contributed by atoms with E-state index in [1.54, 1.807) is 0 Å². The zero-order valence-electron chi connectivity index (χ0n) is 18.3. The first kappa shape index (κ1) is 24.1. The van der Waals surface area contributed by atoms with Crippen molar-refractivity contribution in [2.75, 3.05) is 44.2 Å². The molecule has 1 saturated heterocycles. The van der Waals surface area contributed by atoms with E-state index in [2.05, 4.69) is 81.3 Å². The lowest BCUT2D eigenvalue weighted by molar-refractivity contribution is 0.249. The summed E-state index contributed by atoms with van der Waals surface area (Å²) in [5.41, 5.74) is 2.51. The van der Waals surface area contributed by atoms with Crippen LogP contribution in [0.3, 0.4) is 0 Å². The third-order valence-electron chi connectivity index (χ3n) is 5.80. The van der Waals surface area contributed by atoms with Gasteiger partial charge in [0, 0.05) is 36.7 Å². The van der Waals surface area contributed by atoms with Crippen LogP contribution in [0.5, 0.6) is 0 Å². The van der Waals surface area contributed by atoms with Crippen LogP contribution in [0.1, 0.15) is 36.2 Å². The fourth-order valence-corrected chi connectivity index (χ4v) is 5.01. The van der Waals surface area contributed by atoms with Crippen LogP contribution in [-0.2, 0) is 6.54 Å². The van der Waals surface area contributed by atoms with Gasteiger partial charge in [0.2, 0.25) is 0 Å². The van der Waals surface area contributed by atoms with Gasteiger partial charge in [-0.2, -0.15) is 0 Å². The molecule has 2 aromatic rings. The molecule has 31 heavy (non-hydrogen) atoms. The summed E-state index contributed by atoms with van der Waals surface area (Å²) < 4.78 is 0. The zero-order valence-corrected chi connectivity index (χ0v) is 21.4. The Labute approximate surface area is 207 Å². The number of rotatable bonds is 8. The van der Waals surface area contributed by atoms with Crippen LogP contribution < -0.4 is 15.5 Å². The Morgan fingerprint density at radius 1 is 1.06 bits per heavy atom. The highest BCUT2D eigenvalue weighted by atomic mass is 127. The highest BCUT2D eigenvalue weighted by Gasteiger charge is 2.24. The Balaban J connectivity index is 0.00000272. The van der Waals surface area contributed by atoms with Crippen LogP contribution in [0.4, 0.5) is 5.69 Å². The molecule has 4 rings (SSSR count). The van der Waals surface area contributed by atoms with Crippen molar-refractivity contribution in [3.63, 3.8) is 0 Å². The second-order valence-corrected chi connectivity index (χ2v) is 8.87. The normalized spacial score (nSPS) is 17.6. The minimum absolute atomic E-state index is 0. The van der Waals surface area contributed by atoms with E-state index in [1.165, 1.54) is 42.1 Å². The number of hydrogen-bond acceptors (Lipinski definition) is 4. The first-order valence-corrected chi connectivity index (χ1v) is 12.0. The number of thiophene rings is 1. The molecule has 1 aromatic heterocycles. The molecule has 2 aliphatic heterocycles. The van der Waals surface area contributed by atoms with E-state index in [0.29, 0.717) is 12.6 Å². The van der Waals surface area contributed by atoms with Gasteiger partial charge >= 0.3 is 0 Å². The Hall–Kier alpha value is -1.58. The minimum atomic E-state index is 0. The lowest BCUT2D eigenvalue weighted by Crippen LogP contribution is -2.42. The first-order valence-electron chi connectivity index (χ1n) is 11.1. The third kappa shape index (κ3) is 6.70. The van der Waals surface area contributed by atoms with Crippen molar-refractivity contribution in [3.05, 3.63) is 64.4 Å². The van der Waals surface area contributed by atoms with Crippen LogP contribution in [0.15, 0.2) is 58.9 Å². The van der Waals surface area contributed by atoms with Crippen LogP contribution in [0, 0.1) is 0 Å². The monoisotopic (exact) mass is 551 g/mol. The van der Waals surface area contributed by atoms with Gasteiger partial charge in [-0.15, -0.1) is 35.3 Å². The molecule has 168 valence electrons. The van der Waals surface area contributed by atoms with Crippen molar-refractivity contribution in [2.24, 2.45) is 4.99 Å². The fourth-order valence-electron chi connectivity index (χ4n) is 4.15. The molecule has 3 heterocycles. The Morgan fingerprint density at radius 2 is 1.81 bits per heavy atom. The van der Waals surface area contributed by atoms with E-state index in [-0.39, 0.29) is 24.0 Å². The molecule has 1 unspecified atom stereocenters. The average molecular weight is 552 g/mol. The molecule has 2 aliphatic rings. The van der Waals surface area contributed by atoms with Crippen molar-refractivity contribution < 1.29 is 0 Å².